The molecule has 3 rings (SSSR count). The molecule has 2 aromatic rings. The summed E-state index contributed by atoms with van der Waals surface area (Å²) in [5.74, 6) is 1.54. The molecule has 0 amide bonds. The molecule has 0 saturated heterocycles. The second-order valence-corrected chi connectivity index (χ2v) is 5.49. The van der Waals surface area contributed by atoms with Crippen molar-refractivity contribution in [2.75, 3.05) is 21.0 Å². The van der Waals surface area contributed by atoms with Crippen molar-refractivity contribution in [1.82, 2.24) is 0 Å². The molecule has 25 heavy (non-hydrogen) atoms. The maximum atomic E-state index is 12.6. The van der Waals surface area contributed by atoms with E-state index in [2.05, 4.69) is 6.07 Å². The average Bonchev–Trinajstić information content (AvgIpc) is 3.13. The van der Waals surface area contributed by atoms with Gasteiger partial charge in [-0.3, -0.25) is 4.79 Å². The van der Waals surface area contributed by atoms with Crippen LogP contribution in [0.15, 0.2) is 36.4 Å². The summed E-state index contributed by atoms with van der Waals surface area (Å²) >= 11 is 0. The van der Waals surface area contributed by atoms with Crippen molar-refractivity contribution in [2.45, 2.75) is 12.3 Å². The van der Waals surface area contributed by atoms with Crippen molar-refractivity contribution in [3.8, 4) is 29.1 Å². The number of Topliss-reactive ketones (excluding diaryl/α,β-unsaturated/α-hetero) is 1. The number of hydrogen-bond donors (Lipinski definition) is 0. The Labute approximate surface area is 145 Å². The minimum Gasteiger partial charge on any atom is -0.493 e. The first-order valence-electron chi connectivity index (χ1n) is 7.70. The van der Waals surface area contributed by atoms with Gasteiger partial charge < -0.3 is 18.9 Å². The smallest absolute Gasteiger partial charge is 0.231 e. The summed E-state index contributed by atoms with van der Waals surface area (Å²) in [7, 11) is 3.07. The molecule has 1 atom stereocenters. The van der Waals surface area contributed by atoms with E-state index in [4.69, 9.17) is 18.9 Å². The van der Waals surface area contributed by atoms with Gasteiger partial charge in [0, 0.05) is 12.0 Å². The number of hydrogen-bond acceptors (Lipinski definition) is 6. The molecule has 2 aromatic carbocycles. The number of fused-ring (bicyclic) bond motifs is 1. The molecule has 0 unspecified atom stereocenters. The lowest BCUT2D eigenvalue weighted by molar-refractivity contribution is 0.0978. The van der Waals surface area contributed by atoms with E-state index in [9.17, 15) is 10.1 Å². The summed E-state index contributed by atoms with van der Waals surface area (Å²) in [5, 5.41) is 9.50. The molecule has 128 valence electrons. The Kier molecular flexibility index (Phi) is 4.75. The van der Waals surface area contributed by atoms with E-state index >= 15 is 0 Å². The van der Waals surface area contributed by atoms with Crippen LogP contribution in [0.3, 0.4) is 0 Å². The van der Waals surface area contributed by atoms with Crippen LogP contribution < -0.4 is 18.9 Å². The van der Waals surface area contributed by atoms with Gasteiger partial charge in [-0.2, -0.15) is 5.26 Å². The van der Waals surface area contributed by atoms with E-state index in [0.29, 0.717) is 34.1 Å². The topological polar surface area (TPSA) is 77.8 Å². The predicted molar refractivity (Wildman–Crippen MR) is 89.4 cm³/mol. The Morgan fingerprint density at radius 2 is 1.88 bits per heavy atom. The normalized spacial score (nSPS) is 13.0. The Morgan fingerprint density at radius 3 is 2.60 bits per heavy atom. The molecule has 0 saturated carbocycles. The zero-order valence-electron chi connectivity index (χ0n) is 13.9. The fourth-order valence-corrected chi connectivity index (χ4v) is 2.68. The Balaban J connectivity index is 1.80. The zero-order valence-corrected chi connectivity index (χ0v) is 13.9. The van der Waals surface area contributed by atoms with Gasteiger partial charge in [-0.25, -0.2) is 0 Å². The zero-order chi connectivity index (χ0) is 17.8. The molecule has 0 spiro atoms. The third-order valence-corrected chi connectivity index (χ3v) is 4.05. The van der Waals surface area contributed by atoms with Gasteiger partial charge in [0.2, 0.25) is 6.79 Å². The third kappa shape index (κ3) is 3.36. The van der Waals surface area contributed by atoms with Crippen LogP contribution in [-0.2, 0) is 0 Å². The van der Waals surface area contributed by atoms with Crippen LogP contribution in [-0.4, -0.2) is 26.8 Å². The number of carbonyl (C=O) groups excluding carboxylic acids is 1. The van der Waals surface area contributed by atoms with Crippen LogP contribution in [0.4, 0.5) is 0 Å². The minimum atomic E-state index is -0.585. The van der Waals surface area contributed by atoms with E-state index in [-0.39, 0.29) is 19.0 Å². The molecule has 0 radical (unpaired) electrons. The van der Waals surface area contributed by atoms with Crippen LogP contribution >= 0.6 is 0 Å². The maximum Gasteiger partial charge on any atom is 0.231 e. The number of rotatable bonds is 6. The lowest BCUT2D eigenvalue weighted by Crippen LogP contribution is -2.07. The highest BCUT2D eigenvalue weighted by molar-refractivity contribution is 5.97. The summed E-state index contributed by atoms with van der Waals surface area (Å²) in [4.78, 5) is 12.6. The van der Waals surface area contributed by atoms with Gasteiger partial charge >= 0.3 is 0 Å². The maximum absolute atomic E-state index is 12.6. The molecule has 1 aliphatic rings. The van der Waals surface area contributed by atoms with Gasteiger partial charge in [0.15, 0.2) is 28.8 Å². The van der Waals surface area contributed by atoms with Gasteiger partial charge in [-0.15, -0.1) is 0 Å². The van der Waals surface area contributed by atoms with Gasteiger partial charge in [0.1, 0.15) is 0 Å². The molecule has 1 aliphatic heterocycles. The molecule has 0 aromatic heterocycles. The number of carbonyl (C=O) groups is 1. The van der Waals surface area contributed by atoms with Crippen LogP contribution in [0.1, 0.15) is 28.3 Å². The molecule has 0 fully saturated rings. The van der Waals surface area contributed by atoms with E-state index in [1.165, 1.54) is 7.11 Å². The van der Waals surface area contributed by atoms with Crippen molar-refractivity contribution in [2.24, 2.45) is 0 Å². The van der Waals surface area contributed by atoms with Crippen molar-refractivity contribution < 1.29 is 23.7 Å². The largest absolute Gasteiger partial charge is 0.493 e. The van der Waals surface area contributed by atoms with Crippen molar-refractivity contribution in [1.29, 1.82) is 5.26 Å². The minimum absolute atomic E-state index is 0.0611. The standard InChI is InChI=1S/C19H17NO5/c1-22-16-5-3-12(8-18(16)23-2)14(10-20)7-15(21)13-4-6-17-19(9-13)25-11-24-17/h3-6,8-9,14H,7,11H2,1-2H3/t14-/m0/s1. The first-order chi connectivity index (χ1) is 12.2. The fourth-order valence-electron chi connectivity index (χ4n) is 2.68. The van der Waals surface area contributed by atoms with Crippen LogP contribution in [0.2, 0.25) is 0 Å². The van der Waals surface area contributed by atoms with E-state index in [1.54, 1.807) is 43.5 Å². The highest BCUT2D eigenvalue weighted by Crippen LogP contribution is 2.35. The molecule has 1 heterocycles. The summed E-state index contributed by atoms with van der Waals surface area (Å²) in [6, 6.07) is 12.4. The van der Waals surface area contributed by atoms with E-state index in [0.717, 1.165) is 0 Å². The lowest BCUT2D eigenvalue weighted by Gasteiger charge is -2.13. The van der Waals surface area contributed by atoms with Gasteiger partial charge in [0.25, 0.3) is 0 Å². The predicted octanol–water partition coefficient (Wildman–Crippen LogP) is 3.31. The summed E-state index contributed by atoms with van der Waals surface area (Å²) < 4.78 is 21.0. The fraction of sp³-hybridized carbons (Fsp3) is 0.263. The van der Waals surface area contributed by atoms with Crippen LogP contribution in [0.25, 0.3) is 0 Å². The van der Waals surface area contributed by atoms with Crippen LogP contribution in [0, 0.1) is 11.3 Å². The van der Waals surface area contributed by atoms with Crippen molar-refractivity contribution in [3.05, 3.63) is 47.5 Å². The molecule has 6 heteroatoms. The second kappa shape index (κ2) is 7.14. The molecule has 0 aliphatic carbocycles. The van der Waals surface area contributed by atoms with Gasteiger partial charge in [-0.1, -0.05) is 6.07 Å². The first-order valence-corrected chi connectivity index (χ1v) is 7.70. The molecular weight excluding hydrogens is 322 g/mol. The number of ketones is 1. The Bertz CT molecular complexity index is 840. The van der Waals surface area contributed by atoms with Crippen molar-refractivity contribution >= 4 is 5.78 Å². The number of benzene rings is 2. The number of nitriles is 1. The van der Waals surface area contributed by atoms with E-state index in [1.807, 2.05) is 0 Å². The van der Waals surface area contributed by atoms with E-state index < -0.39 is 5.92 Å². The first kappa shape index (κ1) is 16.7. The van der Waals surface area contributed by atoms with Gasteiger partial charge in [-0.05, 0) is 35.9 Å². The summed E-state index contributed by atoms with van der Waals surface area (Å²) in [6.07, 6.45) is 0.0611. The Morgan fingerprint density at radius 1 is 1.12 bits per heavy atom. The molecule has 0 N–H and O–H groups in total. The summed E-state index contributed by atoms with van der Waals surface area (Å²) in [5.41, 5.74) is 1.19. The second-order valence-electron chi connectivity index (χ2n) is 5.49. The summed E-state index contributed by atoms with van der Waals surface area (Å²) in [6.45, 7) is 0.152. The lowest BCUT2D eigenvalue weighted by atomic mass is 9.92. The Hall–Kier alpha value is -3.20. The highest BCUT2D eigenvalue weighted by Gasteiger charge is 2.21. The number of ether oxygens (including phenoxy) is 4. The van der Waals surface area contributed by atoms with Crippen LogP contribution in [0.5, 0.6) is 23.0 Å². The SMILES string of the molecule is COc1ccc([C@H](C#N)CC(=O)c2ccc3c(c2)OCO3)cc1OC. The quantitative estimate of drug-likeness (QED) is 0.751. The number of nitrogens with zero attached hydrogens (tertiary/aromatic N) is 1. The monoisotopic (exact) mass is 339 g/mol. The molecule has 0 bridgehead atoms. The van der Waals surface area contributed by atoms with Crippen molar-refractivity contribution in [3.63, 3.8) is 0 Å². The molecule has 6 nitrogen and oxygen atoms in total. The molecular formula is C19H17NO5. The highest BCUT2D eigenvalue weighted by atomic mass is 16.7. The third-order valence-electron chi connectivity index (χ3n) is 4.05. The average molecular weight is 339 g/mol. The van der Waals surface area contributed by atoms with Gasteiger partial charge in [0.05, 0.1) is 26.2 Å². The number of methoxy groups -OCH3 is 2.